The Hall–Kier alpha value is -2.92. The average molecular weight is 788 g/mol. The largest absolute Gasteiger partial charge is 0.478 e. The van der Waals surface area contributed by atoms with Crippen LogP contribution in [0.4, 0.5) is 0 Å². The lowest BCUT2D eigenvalue weighted by molar-refractivity contribution is -0.129. The van der Waals surface area contributed by atoms with Gasteiger partial charge in [0.2, 0.25) is 11.8 Å². The Morgan fingerprint density at radius 1 is 0.805 bits per heavy atom. The number of halogens is 2. The van der Waals surface area contributed by atoms with Gasteiger partial charge in [0.05, 0.1) is 13.6 Å². The molecule has 0 aliphatic rings. The number of carboxylic acids is 2. The number of allylic oxidation sites excluding steroid dienone is 1. The molecule has 222 valence electrons. The van der Waals surface area contributed by atoms with Crippen molar-refractivity contribution in [2.45, 2.75) is 38.5 Å². The number of hydrogen-bond acceptors (Lipinski definition) is 4. The highest BCUT2D eigenvalue weighted by molar-refractivity contribution is 14.2. The van der Waals surface area contributed by atoms with Crippen LogP contribution in [-0.2, 0) is 9.59 Å². The average Bonchev–Trinajstić information content (AvgIpc) is 2.93. The summed E-state index contributed by atoms with van der Waals surface area (Å²) in [5.74, 6) is 4.19. The minimum Gasteiger partial charge on any atom is -0.478 e. The second kappa shape index (κ2) is 22.7. The Kier molecular flexibility index (Phi) is 21.1. The highest BCUT2D eigenvalue weighted by Gasteiger charge is 2.04. The zero-order chi connectivity index (χ0) is 31.2. The van der Waals surface area contributed by atoms with E-state index in [1.54, 1.807) is 74.4 Å². The molecule has 0 atom stereocenters. The third-order valence-electron chi connectivity index (χ3n) is 5.24. The topological polar surface area (TPSA) is 115 Å². The summed E-state index contributed by atoms with van der Waals surface area (Å²) in [6.07, 6.45) is 7.79. The molecule has 0 fully saturated rings. The summed E-state index contributed by atoms with van der Waals surface area (Å²) in [6, 6.07) is 13.3. The van der Waals surface area contributed by atoms with Gasteiger partial charge in [0.25, 0.3) is 0 Å². The van der Waals surface area contributed by atoms with E-state index in [1.807, 2.05) is 18.2 Å². The second-order valence-electron chi connectivity index (χ2n) is 8.94. The second-order valence-corrected chi connectivity index (χ2v) is 13.4. The third-order valence-corrected chi connectivity index (χ3v) is 5.24. The first-order valence-corrected chi connectivity index (χ1v) is 15.8. The smallest absolute Gasteiger partial charge is 0.335 e. The Labute approximate surface area is 270 Å². The molecular weight excluding hydrogens is 750 g/mol. The lowest BCUT2D eigenvalue weighted by atomic mass is 10.1. The first-order chi connectivity index (χ1) is 19.4. The molecule has 2 N–H and O–H groups in total. The number of alkyl halides is 2. The summed E-state index contributed by atoms with van der Waals surface area (Å²) in [6.45, 7) is 0. The fraction of sp³-hybridized carbons (Fsp3) is 0.355. The van der Waals surface area contributed by atoms with Gasteiger partial charge in [-0.25, -0.2) is 9.59 Å². The highest BCUT2D eigenvalue weighted by Crippen LogP contribution is 2.09. The van der Waals surface area contributed by atoms with Crippen LogP contribution in [0.1, 0.15) is 70.4 Å². The van der Waals surface area contributed by atoms with Gasteiger partial charge in [0, 0.05) is 53.0 Å². The monoisotopic (exact) mass is 788 g/mol. The number of carbonyl (C=O) groups excluding carboxylic acids is 2. The molecule has 0 unspecified atom stereocenters. The molecule has 0 heterocycles. The number of carbonyl (C=O) groups is 4. The first kappa shape index (κ1) is 38.1. The van der Waals surface area contributed by atoms with Crippen LogP contribution < -0.4 is 0 Å². The number of amides is 2. The summed E-state index contributed by atoms with van der Waals surface area (Å²) in [7, 11) is 6.95. The van der Waals surface area contributed by atoms with Gasteiger partial charge in [-0.15, -0.1) is 0 Å². The molecule has 41 heavy (non-hydrogen) atoms. The summed E-state index contributed by atoms with van der Waals surface area (Å²) in [5, 5.41) is 17.7. The first-order valence-electron chi connectivity index (χ1n) is 12.8. The van der Waals surface area contributed by atoms with Crippen molar-refractivity contribution < 1.29 is 29.4 Å². The number of benzene rings is 2. The lowest BCUT2D eigenvalue weighted by Crippen LogP contribution is -2.20. The molecule has 0 aliphatic heterocycles. The Morgan fingerprint density at radius 3 is 1.85 bits per heavy atom. The molecule has 2 amide bonds. The molecule has 0 saturated carbocycles. The maximum absolute atomic E-state index is 11.3. The highest BCUT2D eigenvalue weighted by atomic mass is 127. The normalized spacial score (nSPS) is 9.71. The van der Waals surface area contributed by atoms with E-state index in [-0.39, 0.29) is 22.9 Å². The number of unbranched alkanes of at least 4 members (excludes halogenated alkanes) is 2. The van der Waals surface area contributed by atoms with Crippen molar-refractivity contribution >= 4 is 75.0 Å². The SMILES string of the molecule is CN(C)C(=O)CCC/C=C\c1cccc(C(=O)O)c1.CN(C)C(=O)CCCC#Cc1cccc(C(=O)O)c1.ICI. The number of hydrogen-bond donors (Lipinski definition) is 2. The van der Waals surface area contributed by atoms with Crippen molar-refractivity contribution in [1.82, 2.24) is 9.80 Å². The van der Waals surface area contributed by atoms with Gasteiger partial charge in [-0.3, -0.25) is 9.59 Å². The minimum atomic E-state index is -0.958. The lowest BCUT2D eigenvalue weighted by Gasteiger charge is -2.08. The predicted octanol–water partition coefficient (Wildman–Crippen LogP) is 6.47. The number of rotatable bonds is 10. The van der Waals surface area contributed by atoms with E-state index in [0.717, 1.165) is 18.4 Å². The van der Waals surface area contributed by atoms with Gasteiger partial charge in [0.15, 0.2) is 0 Å². The molecule has 0 radical (unpaired) electrons. The Bertz CT molecular complexity index is 1220. The van der Waals surface area contributed by atoms with E-state index >= 15 is 0 Å². The fourth-order valence-electron chi connectivity index (χ4n) is 3.04. The summed E-state index contributed by atoms with van der Waals surface area (Å²) in [5.41, 5.74) is 2.05. The molecule has 0 aromatic heterocycles. The van der Waals surface area contributed by atoms with Crippen LogP contribution in [0, 0.1) is 11.8 Å². The number of nitrogens with zero attached hydrogens (tertiary/aromatic N) is 2. The van der Waals surface area contributed by atoms with E-state index < -0.39 is 11.9 Å². The zero-order valence-electron chi connectivity index (χ0n) is 23.9. The van der Waals surface area contributed by atoms with Crippen LogP contribution in [0.15, 0.2) is 54.6 Å². The van der Waals surface area contributed by atoms with Crippen LogP contribution in [-0.4, -0.2) is 74.4 Å². The Morgan fingerprint density at radius 2 is 1.32 bits per heavy atom. The molecule has 0 bridgehead atoms. The van der Waals surface area contributed by atoms with Gasteiger partial charge in [-0.1, -0.05) is 87.4 Å². The summed E-state index contributed by atoms with van der Waals surface area (Å²) >= 11 is 4.55. The van der Waals surface area contributed by atoms with Gasteiger partial charge >= 0.3 is 11.9 Å². The summed E-state index contributed by atoms with van der Waals surface area (Å²) in [4.78, 5) is 47.4. The third kappa shape index (κ3) is 18.9. The van der Waals surface area contributed by atoms with Gasteiger partial charge in [0.1, 0.15) is 0 Å². The van der Waals surface area contributed by atoms with E-state index in [9.17, 15) is 19.2 Å². The molecule has 8 nitrogen and oxygen atoms in total. The quantitative estimate of drug-likeness (QED) is 0.124. The van der Waals surface area contributed by atoms with E-state index in [1.165, 1.54) is 8.50 Å². The van der Waals surface area contributed by atoms with Crippen molar-refractivity contribution in [3.05, 3.63) is 76.9 Å². The van der Waals surface area contributed by atoms with Gasteiger partial charge in [-0.05, 0) is 55.2 Å². The molecule has 2 rings (SSSR count). The van der Waals surface area contributed by atoms with E-state index in [2.05, 4.69) is 57.0 Å². The fourth-order valence-corrected chi connectivity index (χ4v) is 3.04. The van der Waals surface area contributed by atoms with Crippen molar-refractivity contribution in [1.29, 1.82) is 0 Å². The molecule has 10 heteroatoms. The summed E-state index contributed by atoms with van der Waals surface area (Å²) < 4.78 is 1.19. The minimum absolute atomic E-state index is 0.0923. The van der Waals surface area contributed by atoms with E-state index in [4.69, 9.17) is 10.2 Å². The standard InChI is InChI=1S/C15H19NO3.C15H17NO3.CH2I2/c2*1-16(2)14(17)10-5-3-4-7-12-8-6-9-13(11-12)15(18)19;2-1-3/h4,6-9,11H,3,5,10H2,1-2H3,(H,18,19);6,8-9,11H,3,5,10H2,1-2H3,(H,18,19);1H2/b7-4-;;. The van der Waals surface area contributed by atoms with Crippen LogP contribution in [0.2, 0.25) is 0 Å². The molecule has 2 aromatic carbocycles. The van der Waals surface area contributed by atoms with Crippen LogP contribution >= 0.6 is 45.2 Å². The van der Waals surface area contributed by atoms with Crippen LogP contribution in [0.3, 0.4) is 0 Å². The van der Waals surface area contributed by atoms with Crippen molar-refractivity contribution in [2.24, 2.45) is 0 Å². The molecule has 0 saturated heterocycles. The van der Waals surface area contributed by atoms with Crippen molar-refractivity contribution in [3.8, 4) is 11.8 Å². The number of carboxylic acid groups (broad SMARTS) is 2. The Balaban J connectivity index is 0.000000712. The van der Waals surface area contributed by atoms with Gasteiger partial charge in [-0.2, -0.15) is 0 Å². The van der Waals surface area contributed by atoms with Crippen molar-refractivity contribution in [3.63, 3.8) is 0 Å². The van der Waals surface area contributed by atoms with Crippen LogP contribution in [0.25, 0.3) is 6.08 Å². The molecular formula is C31H38I2N2O6. The van der Waals surface area contributed by atoms with E-state index in [0.29, 0.717) is 31.2 Å². The zero-order valence-corrected chi connectivity index (χ0v) is 28.2. The molecule has 0 spiro atoms. The van der Waals surface area contributed by atoms with Crippen LogP contribution in [0.5, 0.6) is 0 Å². The van der Waals surface area contributed by atoms with Crippen molar-refractivity contribution in [2.75, 3.05) is 30.6 Å². The van der Waals surface area contributed by atoms with Gasteiger partial charge < -0.3 is 20.0 Å². The molecule has 2 aromatic rings. The number of aromatic carboxylic acids is 2. The maximum Gasteiger partial charge on any atom is 0.335 e. The predicted molar refractivity (Wildman–Crippen MR) is 181 cm³/mol. The maximum atomic E-state index is 11.3. The molecule has 0 aliphatic carbocycles.